The maximum absolute atomic E-state index is 13.2. The molecule has 0 spiro atoms. The van der Waals surface area contributed by atoms with Crippen molar-refractivity contribution in [2.75, 3.05) is 19.8 Å². The van der Waals surface area contributed by atoms with E-state index in [1.807, 2.05) is 13.0 Å². The van der Waals surface area contributed by atoms with Crippen molar-refractivity contribution in [3.8, 4) is 0 Å². The van der Waals surface area contributed by atoms with Gasteiger partial charge in [-0.3, -0.25) is 9.36 Å². The van der Waals surface area contributed by atoms with E-state index in [-0.39, 0.29) is 19.1 Å². The SMILES string of the molecule is CCOP(=O)(OCC)C1CC(C)=NN(C/C=C(\C)CC/C=C(\C)CCC=C(C)C)C1=O. The van der Waals surface area contributed by atoms with Crippen molar-refractivity contribution in [3.05, 3.63) is 34.9 Å². The van der Waals surface area contributed by atoms with E-state index in [0.717, 1.165) is 31.4 Å². The van der Waals surface area contributed by atoms with Crippen LogP contribution in [0.25, 0.3) is 0 Å². The summed E-state index contributed by atoms with van der Waals surface area (Å²) in [6.07, 6.45) is 11.0. The fourth-order valence-corrected chi connectivity index (χ4v) is 5.42. The van der Waals surface area contributed by atoms with Crippen molar-refractivity contribution in [2.45, 2.75) is 86.2 Å². The molecule has 1 aliphatic rings. The summed E-state index contributed by atoms with van der Waals surface area (Å²) < 4.78 is 24.0. The molecule has 1 atom stereocenters. The lowest BCUT2D eigenvalue weighted by atomic mass is 10.1. The van der Waals surface area contributed by atoms with Crippen molar-refractivity contribution in [1.82, 2.24) is 5.01 Å². The number of amides is 1. The van der Waals surface area contributed by atoms with E-state index < -0.39 is 13.3 Å². The van der Waals surface area contributed by atoms with Gasteiger partial charge in [0, 0.05) is 12.1 Å². The molecule has 0 saturated heterocycles. The van der Waals surface area contributed by atoms with Gasteiger partial charge in [-0.05, 0) is 74.1 Å². The molecule has 176 valence electrons. The van der Waals surface area contributed by atoms with Gasteiger partial charge < -0.3 is 9.05 Å². The molecule has 0 bridgehead atoms. The second-order valence-electron chi connectivity index (χ2n) is 8.31. The van der Waals surface area contributed by atoms with Gasteiger partial charge >= 0.3 is 7.60 Å². The van der Waals surface area contributed by atoms with Crippen LogP contribution in [-0.2, 0) is 18.4 Å². The Labute approximate surface area is 189 Å². The number of allylic oxidation sites excluding steroid dienone is 5. The van der Waals surface area contributed by atoms with Crippen LogP contribution in [0.1, 0.15) is 80.6 Å². The van der Waals surface area contributed by atoms with E-state index in [1.54, 1.807) is 13.8 Å². The number of hydrazone groups is 1. The van der Waals surface area contributed by atoms with Crippen LogP contribution in [-0.4, -0.2) is 42.0 Å². The molecular weight excluding hydrogens is 411 g/mol. The molecule has 0 saturated carbocycles. The third kappa shape index (κ3) is 9.67. The largest absolute Gasteiger partial charge is 0.343 e. The quantitative estimate of drug-likeness (QED) is 0.232. The summed E-state index contributed by atoms with van der Waals surface area (Å²) in [7, 11) is -3.52. The van der Waals surface area contributed by atoms with Crippen LogP contribution < -0.4 is 0 Å². The fraction of sp³-hybridized carbons (Fsp3) is 0.667. The molecule has 0 radical (unpaired) electrons. The number of rotatable bonds is 13. The molecular formula is C24H41N2O4P. The van der Waals surface area contributed by atoms with Crippen LogP contribution in [0.15, 0.2) is 40.0 Å². The molecule has 1 amide bonds. The molecule has 1 rings (SSSR count). The zero-order valence-electron chi connectivity index (χ0n) is 20.4. The smallest absolute Gasteiger partial charge is 0.308 e. The number of hydrogen-bond donors (Lipinski definition) is 0. The molecule has 0 aromatic rings. The van der Waals surface area contributed by atoms with Crippen LogP contribution in [0.4, 0.5) is 0 Å². The minimum atomic E-state index is -3.52. The lowest BCUT2D eigenvalue weighted by molar-refractivity contribution is -0.131. The molecule has 1 heterocycles. The summed E-state index contributed by atoms with van der Waals surface area (Å²) in [6.45, 7) is 14.7. The Kier molecular flexibility index (Phi) is 12.3. The van der Waals surface area contributed by atoms with Crippen LogP contribution >= 0.6 is 7.60 Å². The average molecular weight is 453 g/mol. The van der Waals surface area contributed by atoms with Gasteiger partial charge in [0.1, 0.15) is 5.66 Å². The van der Waals surface area contributed by atoms with Gasteiger partial charge in [0.15, 0.2) is 0 Å². The fourth-order valence-electron chi connectivity index (χ4n) is 3.37. The first-order valence-electron chi connectivity index (χ1n) is 11.3. The highest BCUT2D eigenvalue weighted by atomic mass is 31.2. The van der Waals surface area contributed by atoms with E-state index in [9.17, 15) is 9.36 Å². The first kappa shape index (κ1) is 27.5. The highest BCUT2D eigenvalue weighted by molar-refractivity contribution is 7.55. The Balaban J connectivity index is 2.71. The van der Waals surface area contributed by atoms with Crippen molar-refractivity contribution >= 4 is 19.2 Å². The monoisotopic (exact) mass is 452 g/mol. The third-order valence-electron chi connectivity index (χ3n) is 5.05. The highest BCUT2D eigenvalue weighted by Gasteiger charge is 2.45. The molecule has 0 fully saturated rings. The lowest BCUT2D eigenvalue weighted by Gasteiger charge is -2.32. The summed E-state index contributed by atoms with van der Waals surface area (Å²) in [6, 6.07) is 0. The van der Waals surface area contributed by atoms with E-state index in [0.29, 0.717) is 13.0 Å². The number of carbonyl (C=O) groups excluding carboxylic acids is 1. The standard InChI is InChI=1S/C24H41N2O4P/c1-8-29-31(28,30-9-2)23-18-22(7)25-26(24(23)27)17-16-21(6)15-11-14-20(5)13-10-12-19(3)4/h12,14,16,23H,8-11,13,15,17-18H2,1-7H3/b20-14+,21-16+. The van der Waals surface area contributed by atoms with E-state index in [1.165, 1.54) is 21.7 Å². The number of nitrogens with zero attached hydrogens (tertiary/aromatic N) is 2. The molecule has 0 aromatic heterocycles. The minimum Gasteiger partial charge on any atom is -0.308 e. The first-order chi connectivity index (χ1) is 14.6. The zero-order valence-corrected chi connectivity index (χ0v) is 21.3. The molecule has 6 nitrogen and oxygen atoms in total. The maximum atomic E-state index is 13.2. The first-order valence-corrected chi connectivity index (χ1v) is 12.9. The van der Waals surface area contributed by atoms with Gasteiger partial charge in [0.2, 0.25) is 0 Å². The van der Waals surface area contributed by atoms with Gasteiger partial charge in [0.05, 0.1) is 19.8 Å². The molecule has 0 N–H and O–H groups in total. The Morgan fingerprint density at radius 2 is 1.58 bits per heavy atom. The lowest BCUT2D eigenvalue weighted by Crippen LogP contribution is -2.42. The molecule has 1 unspecified atom stereocenters. The Morgan fingerprint density at radius 1 is 1.03 bits per heavy atom. The summed E-state index contributed by atoms with van der Waals surface area (Å²) in [5.74, 6) is -0.296. The number of hydrogen-bond acceptors (Lipinski definition) is 5. The van der Waals surface area contributed by atoms with Gasteiger partial charge in [-0.2, -0.15) is 5.10 Å². The van der Waals surface area contributed by atoms with Crippen LogP contribution in [0.5, 0.6) is 0 Å². The van der Waals surface area contributed by atoms with Crippen LogP contribution in [0.2, 0.25) is 0 Å². The van der Waals surface area contributed by atoms with E-state index in [2.05, 4.69) is 44.9 Å². The molecule has 0 aromatic carbocycles. The van der Waals surface area contributed by atoms with Gasteiger partial charge in [-0.15, -0.1) is 0 Å². The van der Waals surface area contributed by atoms with Crippen molar-refractivity contribution in [3.63, 3.8) is 0 Å². The topological polar surface area (TPSA) is 68.2 Å². The number of carbonyl (C=O) groups is 1. The summed E-state index contributed by atoms with van der Waals surface area (Å²) in [5.41, 5.74) is 3.89. The molecule has 7 heteroatoms. The van der Waals surface area contributed by atoms with Crippen molar-refractivity contribution < 1.29 is 18.4 Å². The summed E-state index contributed by atoms with van der Waals surface area (Å²) in [5, 5.41) is 5.78. The van der Waals surface area contributed by atoms with Crippen LogP contribution in [0, 0.1) is 0 Å². The van der Waals surface area contributed by atoms with Crippen molar-refractivity contribution in [1.29, 1.82) is 0 Å². The predicted octanol–water partition coefficient (Wildman–Crippen LogP) is 6.65. The van der Waals surface area contributed by atoms with E-state index >= 15 is 0 Å². The summed E-state index contributed by atoms with van der Waals surface area (Å²) in [4.78, 5) is 13.0. The van der Waals surface area contributed by atoms with E-state index in [4.69, 9.17) is 9.05 Å². The molecule has 0 aliphatic carbocycles. The Morgan fingerprint density at radius 3 is 2.13 bits per heavy atom. The third-order valence-corrected chi connectivity index (χ3v) is 7.46. The summed E-state index contributed by atoms with van der Waals surface area (Å²) >= 11 is 0. The highest BCUT2D eigenvalue weighted by Crippen LogP contribution is 2.55. The second-order valence-corrected chi connectivity index (χ2v) is 10.5. The molecule has 31 heavy (non-hydrogen) atoms. The minimum absolute atomic E-state index is 0.234. The Bertz CT molecular complexity index is 754. The molecule has 1 aliphatic heterocycles. The average Bonchev–Trinajstić information content (AvgIpc) is 2.68. The Hall–Kier alpha value is -1.49. The predicted molar refractivity (Wildman–Crippen MR) is 129 cm³/mol. The van der Waals surface area contributed by atoms with Gasteiger partial charge in [-0.25, -0.2) is 5.01 Å². The zero-order chi connectivity index (χ0) is 23.4. The second kappa shape index (κ2) is 13.8. The van der Waals surface area contributed by atoms with Crippen molar-refractivity contribution in [2.24, 2.45) is 5.10 Å². The normalized spacial score (nSPS) is 18.3. The van der Waals surface area contributed by atoms with Gasteiger partial charge in [-0.1, -0.05) is 34.9 Å². The van der Waals surface area contributed by atoms with Gasteiger partial charge in [0.25, 0.3) is 5.91 Å². The van der Waals surface area contributed by atoms with Crippen LogP contribution in [0.3, 0.4) is 0 Å². The maximum Gasteiger partial charge on any atom is 0.343 e.